The van der Waals surface area contributed by atoms with Gasteiger partial charge in [0.2, 0.25) is 0 Å². The zero-order valence-corrected chi connectivity index (χ0v) is 10.3. The highest BCUT2D eigenvalue weighted by atomic mass is 16.7. The van der Waals surface area contributed by atoms with Gasteiger partial charge in [0.05, 0.1) is 23.9 Å². The molecule has 1 aliphatic rings. The van der Waals surface area contributed by atoms with Crippen LogP contribution in [0, 0.1) is 0 Å². The highest BCUT2D eigenvalue weighted by Crippen LogP contribution is 2.32. The molecule has 0 amide bonds. The van der Waals surface area contributed by atoms with E-state index in [9.17, 15) is 0 Å². The van der Waals surface area contributed by atoms with E-state index in [0.717, 1.165) is 23.0 Å². The number of pyridine rings is 1. The van der Waals surface area contributed by atoms with Crippen molar-refractivity contribution in [2.75, 3.05) is 13.7 Å². The minimum atomic E-state index is -0.117. The summed E-state index contributed by atoms with van der Waals surface area (Å²) in [5, 5.41) is 12.1. The van der Waals surface area contributed by atoms with Crippen LogP contribution in [-0.2, 0) is 4.84 Å². The van der Waals surface area contributed by atoms with Crippen molar-refractivity contribution in [1.82, 2.24) is 10.0 Å². The van der Waals surface area contributed by atoms with Gasteiger partial charge in [-0.2, -0.15) is 5.06 Å². The fourth-order valence-electron chi connectivity index (χ4n) is 2.43. The predicted molar refractivity (Wildman–Crippen MR) is 68.8 cm³/mol. The van der Waals surface area contributed by atoms with Crippen LogP contribution in [0.25, 0.3) is 10.9 Å². The second-order valence-corrected chi connectivity index (χ2v) is 4.64. The fraction of sp³-hybridized carbons (Fsp3) is 0.357. The standard InChI is InChI=1S/C14H16N2O2/c1-16-14(8-11(9-17)18-16)13-7-6-10-4-2-3-5-12(10)15-13/h2-7,11,14,17H,8-9H2,1H3/t11-,14+/m0/s1. The average Bonchev–Trinajstić information content (AvgIpc) is 2.79. The van der Waals surface area contributed by atoms with Gasteiger partial charge in [-0.25, -0.2) is 0 Å². The molecule has 4 heteroatoms. The first kappa shape index (κ1) is 11.6. The summed E-state index contributed by atoms with van der Waals surface area (Å²) >= 11 is 0. The van der Waals surface area contributed by atoms with E-state index in [4.69, 9.17) is 9.94 Å². The van der Waals surface area contributed by atoms with Gasteiger partial charge in [-0.1, -0.05) is 24.3 Å². The van der Waals surface area contributed by atoms with E-state index in [-0.39, 0.29) is 18.8 Å². The molecule has 1 fully saturated rings. The maximum Gasteiger partial charge on any atom is 0.104 e. The maximum atomic E-state index is 9.15. The SMILES string of the molecule is CN1O[C@H](CO)C[C@@H]1c1ccc2ccccc2n1. The number of rotatable bonds is 2. The molecule has 0 bridgehead atoms. The van der Waals surface area contributed by atoms with Gasteiger partial charge >= 0.3 is 0 Å². The third-order valence-corrected chi connectivity index (χ3v) is 3.41. The third-order valence-electron chi connectivity index (χ3n) is 3.41. The number of hydroxylamine groups is 2. The first-order chi connectivity index (χ1) is 8.78. The number of benzene rings is 1. The Morgan fingerprint density at radius 2 is 2.17 bits per heavy atom. The number of hydrogen-bond donors (Lipinski definition) is 1. The Hall–Kier alpha value is -1.49. The first-order valence-electron chi connectivity index (χ1n) is 6.14. The quantitative estimate of drug-likeness (QED) is 0.876. The van der Waals surface area contributed by atoms with E-state index < -0.39 is 0 Å². The molecule has 1 aromatic heterocycles. The van der Waals surface area contributed by atoms with E-state index in [0.29, 0.717) is 0 Å². The van der Waals surface area contributed by atoms with Gasteiger partial charge in [0, 0.05) is 18.9 Å². The molecule has 0 spiro atoms. The number of aliphatic hydroxyl groups is 1. The Balaban J connectivity index is 1.94. The minimum absolute atomic E-state index is 0.0500. The summed E-state index contributed by atoms with van der Waals surface area (Å²) in [6.45, 7) is 0.0500. The number of aromatic nitrogens is 1. The van der Waals surface area contributed by atoms with Crippen LogP contribution in [0.1, 0.15) is 18.2 Å². The number of para-hydroxylation sites is 1. The molecule has 94 valence electrons. The van der Waals surface area contributed by atoms with Gasteiger partial charge in [-0.3, -0.25) is 9.82 Å². The highest BCUT2D eigenvalue weighted by Gasteiger charge is 2.32. The smallest absolute Gasteiger partial charge is 0.104 e. The van der Waals surface area contributed by atoms with Gasteiger partial charge in [-0.05, 0) is 12.1 Å². The molecule has 0 aliphatic carbocycles. The summed E-state index contributed by atoms with van der Waals surface area (Å²) in [6, 6.07) is 12.3. The summed E-state index contributed by atoms with van der Waals surface area (Å²) in [5.74, 6) is 0. The molecule has 1 aromatic carbocycles. The van der Waals surface area contributed by atoms with E-state index in [1.807, 2.05) is 31.3 Å². The molecule has 0 saturated carbocycles. The Kier molecular flexibility index (Phi) is 2.99. The molecule has 4 nitrogen and oxygen atoms in total. The van der Waals surface area contributed by atoms with Crippen molar-refractivity contribution in [3.8, 4) is 0 Å². The molecular formula is C14H16N2O2. The van der Waals surface area contributed by atoms with Crippen LogP contribution in [0.2, 0.25) is 0 Å². The second-order valence-electron chi connectivity index (χ2n) is 4.64. The normalized spacial score (nSPS) is 24.8. The largest absolute Gasteiger partial charge is 0.394 e. The predicted octanol–water partition coefficient (Wildman–Crippen LogP) is 1.90. The molecule has 3 rings (SSSR count). The Morgan fingerprint density at radius 3 is 2.94 bits per heavy atom. The molecule has 0 radical (unpaired) electrons. The van der Waals surface area contributed by atoms with E-state index in [2.05, 4.69) is 17.1 Å². The average molecular weight is 244 g/mol. The lowest BCUT2D eigenvalue weighted by atomic mass is 10.1. The molecule has 2 aromatic rings. The van der Waals surface area contributed by atoms with E-state index in [1.54, 1.807) is 5.06 Å². The third kappa shape index (κ3) is 1.99. The van der Waals surface area contributed by atoms with Gasteiger partial charge in [0.15, 0.2) is 0 Å². The summed E-state index contributed by atoms with van der Waals surface area (Å²) < 4.78 is 0. The zero-order chi connectivity index (χ0) is 12.5. The summed E-state index contributed by atoms with van der Waals surface area (Å²) in [6.07, 6.45) is 0.659. The van der Waals surface area contributed by atoms with Crippen LogP contribution >= 0.6 is 0 Å². The lowest BCUT2D eigenvalue weighted by molar-refractivity contribution is -0.153. The summed E-state index contributed by atoms with van der Waals surface area (Å²) in [4.78, 5) is 10.2. The lowest BCUT2D eigenvalue weighted by Gasteiger charge is -2.17. The van der Waals surface area contributed by atoms with Crippen molar-refractivity contribution in [1.29, 1.82) is 0 Å². The molecule has 2 atom stereocenters. The van der Waals surface area contributed by atoms with Gasteiger partial charge in [0.25, 0.3) is 0 Å². The van der Waals surface area contributed by atoms with Crippen LogP contribution in [0.15, 0.2) is 36.4 Å². The molecule has 1 N–H and O–H groups in total. The number of hydrogen-bond acceptors (Lipinski definition) is 4. The summed E-state index contributed by atoms with van der Waals surface area (Å²) in [7, 11) is 1.89. The molecule has 0 unspecified atom stereocenters. The topological polar surface area (TPSA) is 45.6 Å². The summed E-state index contributed by atoms with van der Waals surface area (Å²) in [5.41, 5.74) is 1.99. The molecular weight excluding hydrogens is 228 g/mol. The fourth-order valence-corrected chi connectivity index (χ4v) is 2.43. The second kappa shape index (κ2) is 4.65. The van der Waals surface area contributed by atoms with Crippen molar-refractivity contribution in [2.45, 2.75) is 18.6 Å². The number of nitrogens with zero attached hydrogens (tertiary/aromatic N) is 2. The van der Waals surface area contributed by atoms with Gasteiger partial charge < -0.3 is 5.11 Å². The maximum absolute atomic E-state index is 9.15. The van der Waals surface area contributed by atoms with E-state index in [1.165, 1.54) is 0 Å². The van der Waals surface area contributed by atoms with Crippen molar-refractivity contribution >= 4 is 10.9 Å². The number of fused-ring (bicyclic) bond motifs is 1. The van der Waals surface area contributed by atoms with Gasteiger partial charge in [0.1, 0.15) is 6.10 Å². The van der Waals surface area contributed by atoms with Gasteiger partial charge in [-0.15, -0.1) is 0 Å². The minimum Gasteiger partial charge on any atom is -0.394 e. The monoisotopic (exact) mass is 244 g/mol. The van der Waals surface area contributed by atoms with Crippen molar-refractivity contribution < 1.29 is 9.94 Å². The molecule has 2 heterocycles. The number of aliphatic hydroxyl groups excluding tert-OH is 1. The van der Waals surface area contributed by atoms with Crippen LogP contribution in [0.4, 0.5) is 0 Å². The van der Waals surface area contributed by atoms with Crippen LogP contribution in [-0.4, -0.2) is 34.9 Å². The Bertz CT molecular complexity index is 558. The van der Waals surface area contributed by atoms with Crippen LogP contribution in [0.5, 0.6) is 0 Å². The highest BCUT2D eigenvalue weighted by molar-refractivity contribution is 5.78. The molecule has 1 aliphatic heterocycles. The zero-order valence-electron chi connectivity index (χ0n) is 10.3. The van der Waals surface area contributed by atoms with Crippen LogP contribution in [0.3, 0.4) is 0 Å². The van der Waals surface area contributed by atoms with E-state index >= 15 is 0 Å². The Morgan fingerprint density at radius 1 is 1.33 bits per heavy atom. The Labute approximate surface area is 106 Å². The van der Waals surface area contributed by atoms with Crippen molar-refractivity contribution in [2.24, 2.45) is 0 Å². The molecule has 18 heavy (non-hydrogen) atoms. The van der Waals surface area contributed by atoms with Crippen molar-refractivity contribution in [3.63, 3.8) is 0 Å². The van der Waals surface area contributed by atoms with Crippen LogP contribution < -0.4 is 0 Å². The van der Waals surface area contributed by atoms with Crippen molar-refractivity contribution in [3.05, 3.63) is 42.1 Å². The lowest BCUT2D eigenvalue weighted by Crippen LogP contribution is -2.18. The first-order valence-corrected chi connectivity index (χ1v) is 6.14. The molecule has 1 saturated heterocycles.